The van der Waals surface area contributed by atoms with Gasteiger partial charge in [0.2, 0.25) is 0 Å². The standard InChI is InChI=1S/C7H6BrClO2S.Na/c8-7-5(4-12(10)11)2-1-3-6(7)9;/h1-3H,4H2,(H,10,11);/q;+1/p-1. The fourth-order valence-electron chi connectivity index (χ4n) is 0.787. The van der Waals surface area contributed by atoms with Gasteiger partial charge in [-0.05, 0) is 27.6 Å². The molecule has 0 saturated carbocycles. The number of hydrogen-bond donors (Lipinski definition) is 0. The van der Waals surface area contributed by atoms with Crippen molar-refractivity contribution in [1.82, 2.24) is 0 Å². The summed E-state index contributed by atoms with van der Waals surface area (Å²) in [7, 11) is 0. The van der Waals surface area contributed by atoms with Gasteiger partial charge in [-0.2, -0.15) is 0 Å². The summed E-state index contributed by atoms with van der Waals surface area (Å²) in [5.74, 6) is -0.0128. The Kier molecular flexibility index (Phi) is 7.11. The smallest absolute Gasteiger partial charge is 0.772 e. The summed E-state index contributed by atoms with van der Waals surface area (Å²) in [5, 5.41) is 0.526. The molecular formula is C7H5BrClNaO2S. The molecule has 0 bridgehead atoms. The molecule has 2 nitrogen and oxygen atoms in total. The van der Waals surface area contributed by atoms with Crippen LogP contribution in [0.5, 0.6) is 0 Å². The molecule has 1 aromatic rings. The van der Waals surface area contributed by atoms with E-state index in [0.29, 0.717) is 15.1 Å². The molecule has 1 unspecified atom stereocenters. The zero-order valence-corrected chi connectivity index (χ0v) is 12.1. The van der Waals surface area contributed by atoms with Gasteiger partial charge in [0.1, 0.15) is 0 Å². The van der Waals surface area contributed by atoms with Crippen molar-refractivity contribution in [2.24, 2.45) is 0 Å². The molecule has 0 fully saturated rings. The third kappa shape index (κ3) is 4.42. The van der Waals surface area contributed by atoms with Crippen LogP contribution in [0.25, 0.3) is 0 Å². The van der Waals surface area contributed by atoms with Crippen LogP contribution >= 0.6 is 27.5 Å². The van der Waals surface area contributed by atoms with Gasteiger partial charge >= 0.3 is 29.6 Å². The normalized spacial score (nSPS) is 11.9. The first-order valence-electron chi connectivity index (χ1n) is 3.10. The van der Waals surface area contributed by atoms with Gasteiger partial charge in [0, 0.05) is 10.2 Å². The second-order valence-corrected chi connectivity index (χ2v) is 4.26. The van der Waals surface area contributed by atoms with Crippen molar-refractivity contribution in [2.75, 3.05) is 0 Å². The Morgan fingerprint density at radius 1 is 1.54 bits per heavy atom. The Labute approximate surface area is 115 Å². The van der Waals surface area contributed by atoms with Gasteiger partial charge in [-0.1, -0.05) is 34.8 Å². The summed E-state index contributed by atoms with van der Waals surface area (Å²) in [4.78, 5) is 0. The molecule has 0 aliphatic heterocycles. The van der Waals surface area contributed by atoms with Gasteiger partial charge in [-0.15, -0.1) is 0 Å². The summed E-state index contributed by atoms with van der Waals surface area (Å²) in [6, 6.07) is 5.13. The summed E-state index contributed by atoms with van der Waals surface area (Å²) in [6.07, 6.45) is 0. The summed E-state index contributed by atoms with van der Waals surface area (Å²) < 4.78 is 21.4. The molecule has 0 heterocycles. The zero-order chi connectivity index (χ0) is 9.14. The van der Waals surface area contributed by atoms with E-state index in [4.69, 9.17) is 11.6 Å². The summed E-state index contributed by atoms with van der Waals surface area (Å²) in [5.41, 5.74) is 0.677. The van der Waals surface area contributed by atoms with Crippen molar-refractivity contribution < 1.29 is 38.3 Å². The number of benzene rings is 1. The van der Waals surface area contributed by atoms with Crippen LogP contribution in [0, 0.1) is 0 Å². The van der Waals surface area contributed by atoms with Crippen molar-refractivity contribution in [1.29, 1.82) is 0 Å². The first-order valence-corrected chi connectivity index (χ1v) is 5.51. The van der Waals surface area contributed by atoms with Crippen molar-refractivity contribution in [3.63, 3.8) is 0 Å². The molecule has 0 spiro atoms. The quantitative estimate of drug-likeness (QED) is 0.544. The Morgan fingerprint density at radius 3 is 2.69 bits per heavy atom. The van der Waals surface area contributed by atoms with Gasteiger partial charge in [-0.3, -0.25) is 4.21 Å². The van der Waals surface area contributed by atoms with Crippen molar-refractivity contribution in [2.45, 2.75) is 5.75 Å². The van der Waals surface area contributed by atoms with Crippen LogP contribution < -0.4 is 29.6 Å². The van der Waals surface area contributed by atoms with Crippen LogP contribution in [-0.2, 0) is 16.8 Å². The molecule has 0 amide bonds. The van der Waals surface area contributed by atoms with Crippen LogP contribution in [0.2, 0.25) is 5.02 Å². The first-order chi connectivity index (χ1) is 5.61. The topological polar surface area (TPSA) is 40.1 Å². The van der Waals surface area contributed by atoms with E-state index < -0.39 is 11.1 Å². The first kappa shape index (κ1) is 14.1. The minimum Gasteiger partial charge on any atom is -0.772 e. The number of hydrogen-bond acceptors (Lipinski definition) is 2. The number of rotatable bonds is 2. The third-order valence-electron chi connectivity index (χ3n) is 1.30. The van der Waals surface area contributed by atoms with Crippen LogP contribution in [0.15, 0.2) is 22.7 Å². The van der Waals surface area contributed by atoms with Crippen LogP contribution in [-0.4, -0.2) is 8.76 Å². The fourth-order valence-corrected chi connectivity index (χ4v) is 2.07. The van der Waals surface area contributed by atoms with E-state index in [1.54, 1.807) is 18.2 Å². The summed E-state index contributed by atoms with van der Waals surface area (Å²) >= 11 is 6.88. The molecule has 0 radical (unpaired) electrons. The molecule has 6 heteroatoms. The third-order valence-corrected chi connectivity index (χ3v) is 3.33. The van der Waals surface area contributed by atoms with Gasteiger partial charge < -0.3 is 4.55 Å². The number of halogens is 2. The Bertz CT molecular complexity index is 321. The van der Waals surface area contributed by atoms with Gasteiger partial charge in [0.15, 0.2) is 0 Å². The predicted octanol–water partition coefficient (Wildman–Crippen LogP) is -0.514. The van der Waals surface area contributed by atoms with Crippen molar-refractivity contribution in [3.05, 3.63) is 33.3 Å². The minimum absolute atomic E-state index is 0. The van der Waals surface area contributed by atoms with Gasteiger partial charge in [-0.25, -0.2) is 0 Å². The van der Waals surface area contributed by atoms with Crippen LogP contribution in [0.3, 0.4) is 0 Å². The van der Waals surface area contributed by atoms with Gasteiger partial charge in [0.05, 0.1) is 5.02 Å². The van der Waals surface area contributed by atoms with E-state index in [9.17, 15) is 8.76 Å². The monoisotopic (exact) mass is 290 g/mol. The Hall–Kier alpha value is 1.10. The largest absolute Gasteiger partial charge is 1.00 e. The second kappa shape index (κ2) is 6.56. The van der Waals surface area contributed by atoms with E-state index in [-0.39, 0.29) is 35.3 Å². The SMILES string of the molecule is O=S([O-])Cc1cccc(Cl)c1Br.[Na+]. The molecule has 66 valence electrons. The molecule has 0 aliphatic rings. The van der Waals surface area contributed by atoms with Crippen LogP contribution in [0.1, 0.15) is 5.56 Å². The van der Waals surface area contributed by atoms with Crippen molar-refractivity contribution in [3.8, 4) is 0 Å². The maximum Gasteiger partial charge on any atom is 1.00 e. The minimum atomic E-state index is -2.07. The van der Waals surface area contributed by atoms with Crippen LogP contribution in [0.4, 0.5) is 0 Å². The molecule has 1 rings (SSSR count). The predicted molar refractivity (Wildman–Crippen MR) is 51.8 cm³/mol. The molecule has 0 aliphatic carbocycles. The van der Waals surface area contributed by atoms with E-state index in [2.05, 4.69) is 15.9 Å². The van der Waals surface area contributed by atoms with E-state index >= 15 is 0 Å². The molecule has 0 aromatic heterocycles. The van der Waals surface area contributed by atoms with Gasteiger partial charge in [0.25, 0.3) is 0 Å². The molecular weight excluding hydrogens is 286 g/mol. The summed E-state index contributed by atoms with van der Waals surface area (Å²) in [6.45, 7) is 0. The van der Waals surface area contributed by atoms with Crippen molar-refractivity contribution >= 4 is 38.6 Å². The Morgan fingerprint density at radius 2 is 2.15 bits per heavy atom. The maximum atomic E-state index is 10.4. The molecule has 0 N–H and O–H groups in total. The molecule has 1 aromatic carbocycles. The second-order valence-electron chi connectivity index (χ2n) is 2.16. The maximum absolute atomic E-state index is 10.4. The average Bonchev–Trinajstić information content (AvgIpc) is 1.98. The van der Waals surface area contributed by atoms with E-state index in [1.807, 2.05) is 0 Å². The molecule has 1 atom stereocenters. The zero-order valence-electron chi connectivity index (χ0n) is 6.92. The average molecular weight is 292 g/mol. The molecule has 13 heavy (non-hydrogen) atoms. The van der Waals surface area contributed by atoms with E-state index in [0.717, 1.165) is 0 Å². The molecule has 0 saturated heterocycles. The van der Waals surface area contributed by atoms with E-state index in [1.165, 1.54) is 0 Å². The Balaban J connectivity index is 0.00000144. The fraction of sp³-hybridized carbons (Fsp3) is 0.143.